The molecule has 0 amide bonds. The predicted molar refractivity (Wildman–Crippen MR) is 63.5 cm³/mol. The summed E-state index contributed by atoms with van der Waals surface area (Å²) in [6.07, 6.45) is -9.88. The molecule has 0 aliphatic carbocycles. The van der Waals surface area contributed by atoms with Crippen LogP contribution in [0.4, 0.5) is 57.1 Å². The number of halogens is 16. The molecule has 0 aromatic heterocycles. The summed E-state index contributed by atoms with van der Waals surface area (Å²) >= 11 is -4.90. The summed E-state index contributed by atoms with van der Waals surface area (Å²) in [6, 6.07) is 0. The standard InChI is InChI=1S/C8H4F13.3ClH.Sn/c1-2-3(9,10)4(11,12)5(13,14)6(15,16)7(17,18)8(19,20)21;;;;/h1-2H2;3*1H;/q;;;;+3/p-3. The van der Waals surface area contributed by atoms with Crippen molar-refractivity contribution in [2.75, 3.05) is 0 Å². The third-order valence-electron chi connectivity index (χ3n) is 2.72. The van der Waals surface area contributed by atoms with Gasteiger partial charge in [0.2, 0.25) is 0 Å². The molecule has 0 radical (unpaired) electrons. The molecule has 152 valence electrons. The molecular weight excluding hydrogens is 568 g/mol. The van der Waals surface area contributed by atoms with Crippen molar-refractivity contribution < 1.29 is 57.1 Å². The maximum absolute atomic E-state index is 13.2. The number of alkyl halides is 13. The van der Waals surface area contributed by atoms with Gasteiger partial charge in [-0.05, 0) is 0 Å². The van der Waals surface area contributed by atoms with Crippen molar-refractivity contribution in [2.24, 2.45) is 0 Å². The van der Waals surface area contributed by atoms with E-state index in [9.17, 15) is 57.1 Å². The Morgan fingerprint density at radius 2 is 0.840 bits per heavy atom. The molecule has 0 aromatic carbocycles. The van der Waals surface area contributed by atoms with Crippen LogP contribution in [0.15, 0.2) is 0 Å². The third kappa shape index (κ3) is 4.61. The van der Waals surface area contributed by atoms with E-state index in [1.807, 2.05) is 0 Å². The van der Waals surface area contributed by atoms with E-state index in [1.165, 1.54) is 0 Å². The second kappa shape index (κ2) is 6.98. The molecule has 0 nitrogen and oxygen atoms in total. The zero-order valence-electron chi connectivity index (χ0n) is 11.0. The second-order valence-electron chi connectivity index (χ2n) is 4.61. The van der Waals surface area contributed by atoms with Crippen LogP contribution in [0.2, 0.25) is 4.44 Å². The molecule has 0 saturated heterocycles. The van der Waals surface area contributed by atoms with E-state index in [1.54, 1.807) is 0 Å². The Hall–Kier alpha value is 0.759. The summed E-state index contributed by atoms with van der Waals surface area (Å²) in [5, 5.41) is 0. The zero-order chi connectivity index (χ0) is 20.9. The minimum absolute atomic E-state index is 1.43. The molecule has 0 spiro atoms. The van der Waals surface area contributed by atoms with Crippen molar-refractivity contribution in [3.63, 3.8) is 0 Å². The molecule has 25 heavy (non-hydrogen) atoms. The van der Waals surface area contributed by atoms with Gasteiger partial charge >= 0.3 is 145 Å². The molecule has 0 bridgehead atoms. The van der Waals surface area contributed by atoms with Gasteiger partial charge in [-0.1, -0.05) is 0 Å². The Morgan fingerprint density at radius 1 is 0.520 bits per heavy atom. The molecule has 0 rings (SSSR count). The van der Waals surface area contributed by atoms with E-state index in [-0.39, 0.29) is 0 Å². The molecule has 0 N–H and O–H groups in total. The van der Waals surface area contributed by atoms with Crippen molar-refractivity contribution in [3.8, 4) is 0 Å². The summed E-state index contributed by atoms with van der Waals surface area (Å²) in [5.41, 5.74) is 0. The summed E-state index contributed by atoms with van der Waals surface area (Å²) in [6.45, 7) is 0. The molecule has 0 unspecified atom stereocenters. The number of hydrogen-bond donors (Lipinski definition) is 0. The molecule has 0 fully saturated rings. The summed E-state index contributed by atoms with van der Waals surface area (Å²) < 4.78 is 164. The fourth-order valence-electron chi connectivity index (χ4n) is 1.26. The molecular formula is C8H4Cl3F13Sn. The minimum atomic E-state index is -7.91. The van der Waals surface area contributed by atoms with Crippen molar-refractivity contribution in [2.45, 2.75) is 46.6 Å². The first-order valence-electron chi connectivity index (χ1n) is 5.48. The normalized spacial score (nSPS) is 16.3. The second-order valence-corrected chi connectivity index (χ2v) is 26.4. The van der Waals surface area contributed by atoms with Crippen LogP contribution in [0.5, 0.6) is 0 Å². The fraction of sp³-hybridized carbons (Fsp3) is 1.00. The summed E-state index contributed by atoms with van der Waals surface area (Å²) in [7, 11) is 15.3. The Labute approximate surface area is 145 Å². The van der Waals surface area contributed by atoms with Gasteiger partial charge in [-0.25, -0.2) is 0 Å². The van der Waals surface area contributed by atoms with Crippen molar-refractivity contribution >= 4 is 41.8 Å². The molecule has 0 aliphatic rings. The van der Waals surface area contributed by atoms with Crippen molar-refractivity contribution in [1.29, 1.82) is 0 Å². The van der Waals surface area contributed by atoms with Gasteiger partial charge in [0.1, 0.15) is 0 Å². The Kier molecular flexibility index (Phi) is 7.19. The van der Waals surface area contributed by atoms with Gasteiger partial charge in [0.05, 0.1) is 0 Å². The van der Waals surface area contributed by atoms with Gasteiger partial charge in [-0.3, -0.25) is 0 Å². The molecule has 0 saturated carbocycles. The van der Waals surface area contributed by atoms with E-state index in [4.69, 9.17) is 26.8 Å². The Balaban J connectivity index is 6.03. The third-order valence-corrected chi connectivity index (χ3v) is 8.86. The van der Waals surface area contributed by atoms with E-state index in [2.05, 4.69) is 0 Å². The van der Waals surface area contributed by atoms with Crippen molar-refractivity contribution in [1.82, 2.24) is 0 Å². The fourth-order valence-corrected chi connectivity index (χ4v) is 4.86. The first-order valence-corrected chi connectivity index (χ1v) is 18.3. The van der Waals surface area contributed by atoms with Gasteiger partial charge in [-0.2, -0.15) is 0 Å². The summed E-state index contributed by atoms with van der Waals surface area (Å²) in [4.78, 5) is 0. The first-order chi connectivity index (χ1) is 10.5. The van der Waals surface area contributed by atoms with Gasteiger partial charge in [-0.15, -0.1) is 0 Å². The van der Waals surface area contributed by atoms with Crippen LogP contribution in [-0.4, -0.2) is 50.8 Å². The average Bonchev–Trinajstić information content (AvgIpc) is 2.33. The number of hydrogen-bond acceptors (Lipinski definition) is 0. The zero-order valence-corrected chi connectivity index (χ0v) is 16.1. The summed E-state index contributed by atoms with van der Waals surface area (Å²) in [5.74, 6) is -36.9. The van der Waals surface area contributed by atoms with Crippen LogP contribution in [0.25, 0.3) is 0 Å². The van der Waals surface area contributed by atoms with Crippen LogP contribution in [0, 0.1) is 0 Å². The average molecular weight is 572 g/mol. The molecule has 0 heterocycles. The first kappa shape index (κ1) is 25.8. The van der Waals surface area contributed by atoms with Crippen LogP contribution in [-0.2, 0) is 0 Å². The quantitative estimate of drug-likeness (QED) is 0.234. The van der Waals surface area contributed by atoms with Crippen LogP contribution >= 0.6 is 26.8 Å². The topological polar surface area (TPSA) is 0 Å². The van der Waals surface area contributed by atoms with Crippen LogP contribution < -0.4 is 0 Å². The Bertz CT molecular complexity index is 481. The van der Waals surface area contributed by atoms with Gasteiger partial charge in [0, 0.05) is 0 Å². The van der Waals surface area contributed by atoms with E-state index in [0.29, 0.717) is 0 Å². The molecule has 0 aliphatic heterocycles. The monoisotopic (exact) mass is 572 g/mol. The van der Waals surface area contributed by atoms with Crippen molar-refractivity contribution in [3.05, 3.63) is 0 Å². The van der Waals surface area contributed by atoms with Gasteiger partial charge < -0.3 is 0 Å². The molecule has 0 atom stereocenters. The van der Waals surface area contributed by atoms with Crippen LogP contribution in [0.3, 0.4) is 0 Å². The maximum atomic E-state index is 13.2. The van der Waals surface area contributed by atoms with Gasteiger partial charge in [0.25, 0.3) is 0 Å². The SMILES string of the molecule is FC(F)(F)C(F)(F)C(F)(F)C(F)(F)C(F)(F)C(F)(F)C[CH2][Sn]([Cl])([Cl])[Cl]. The molecule has 17 heteroatoms. The molecule has 0 aromatic rings. The van der Waals surface area contributed by atoms with Crippen LogP contribution in [0.1, 0.15) is 6.42 Å². The van der Waals surface area contributed by atoms with E-state index >= 15 is 0 Å². The van der Waals surface area contributed by atoms with Gasteiger partial charge in [0.15, 0.2) is 0 Å². The predicted octanol–water partition coefficient (Wildman–Crippen LogP) is 6.77. The Morgan fingerprint density at radius 3 is 1.12 bits per heavy atom. The van der Waals surface area contributed by atoms with E-state index < -0.39 is 61.6 Å². The number of rotatable bonds is 7. The van der Waals surface area contributed by atoms with E-state index in [0.717, 1.165) is 0 Å².